The Labute approximate surface area is 108 Å². The molecule has 0 amide bonds. The number of rotatable bonds is 7. The van der Waals surface area contributed by atoms with Crippen molar-refractivity contribution in [1.29, 1.82) is 0 Å². The summed E-state index contributed by atoms with van der Waals surface area (Å²) < 4.78 is 5.36. The van der Waals surface area contributed by atoms with Gasteiger partial charge in [0.25, 0.3) is 0 Å². The lowest BCUT2D eigenvalue weighted by Crippen LogP contribution is -2.32. The molecule has 1 aromatic carbocycles. The fourth-order valence-electron chi connectivity index (χ4n) is 1.76. The number of ether oxygens (including phenoxy) is 1. The van der Waals surface area contributed by atoms with E-state index in [9.17, 15) is 4.79 Å². The highest BCUT2D eigenvalue weighted by Gasteiger charge is 2.11. The van der Waals surface area contributed by atoms with Crippen LogP contribution in [0.5, 0.6) is 0 Å². The molecular weight excluding hydrogens is 230 g/mol. The minimum absolute atomic E-state index is 0.174. The number of carbonyl (C=O) groups is 1. The van der Waals surface area contributed by atoms with Crippen LogP contribution in [0.25, 0.3) is 0 Å². The van der Waals surface area contributed by atoms with E-state index in [2.05, 4.69) is 19.2 Å². The van der Waals surface area contributed by atoms with Gasteiger partial charge in [-0.25, -0.2) is 4.79 Å². The number of aromatic carboxylic acids is 1. The normalized spacial score (nSPS) is 12.7. The predicted molar refractivity (Wildman–Crippen MR) is 70.7 cm³/mol. The Morgan fingerprint density at radius 3 is 2.72 bits per heavy atom. The van der Waals surface area contributed by atoms with Crippen LogP contribution in [0, 0.1) is 5.92 Å². The van der Waals surface area contributed by atoms with Gasteiger partial charge in [0.2, 0.25) is 0 Å². The Balaban J connectivity index is 2.48. The van der Waals surface area contributed by atoms with Gasteiger partial charge in [-0.1, -0.05) is 26.0 Å². The van der Waals surface area contributed by atoms with Crippen molar-refractivity contribution in [3.8, 4) is 0 Å². The monoisotopic (exact) mass is 251 g/mol. The van der Waals surface area contributed by atoms with Gasteiger partial charge in [-0.3, -0.25) is 0 Å². The van der Waals surface area contributed by atoms with Gasteiger partial charge < -0.3 is 15.2 Å². The summed E-state index contributed by atoms with van der Waals surface area (Å²) in [4.78, 5) is 10.8. The molecule has 18 heavy (non-hydrogen) atoms. The van der Waals surface area contributed by atoms with E-state index < -0.39 is 5.97 Å². The summed E-state index contributed by atoms with van der Waals surface area (Å²) in [7, 11) is 1.71. The van der Waals surface area contributed by atoms with Gasteiger partial charge in [0, 0.05) is 20.2 Å². The summed E-state index contributed by atoms with van der Waals surface area (Å²) in [6.07, 6.45) is 0.174. The summed E-state index contributed by atoms with van der Waals surface area (Å²) in [5.41, 5.74) is 1.29. The zero-order valence-corrected chi connectivity index (χ0v) is 11.1. The molecule has 0 saturated carbocycles. The van der Waals surface area contributed by atoms with Crippen molar-refractivity contribution in [3.05, 3.63) is 35.4 Å². The molecule has 1 aromatic rings. The lowest BCUT2D eigenvalue weighted by molar-refractivity contribution is 0.0646. The first kappa shape index (κ1) is 14.7. The molecule has 0 saturated heterocycles. The Morgan fingerprint density at radius 2 is 2.17 bits per heavy atom. The highest BCUT2D eigenvalue weighted by Crippen LogP contribution is 2.07. The van der Waals surface area contributed by atoms with Gasteiger partial charge in [0.1, 0.15) is 0 Å². The summed E-state index contributed by atoms with van der Waals surface area (Å²) >= 11 is 0. The second-order valence-electron chi connectivity index (χ2n) is 4.65. The lowest BCUT2D eigenvalue weighted by Gasteiger charge is -2.19. The molecule has 0 fully saturated rings. The molecule has 4 heteroatoms. The van der Waals surface area contributed by atoms with Crippen LogP contribution in [0.3, 0.4) is 0 Å². The molecule has 0 aliphatic rings. The molecule has 1 rings (SSSR count). The summed E-state index contributed by atoms with van der Waals surface area (Å²) in [6.45, 7) is 5.63. The molecule has 0 aliphatic heterocycles. The molecular formula is C14H21NO3. The molecule has 1 atom stereocenters. The number of hydrogen-bond acceptors (Lipinski definition) is 3. The van der Waals surface area contributed by atoms with Crippen LogP contribution >= 0.6 is 0 Å². The first-order valence-corrected chi connectivity index (χ1v) is 6.10. The average molecular weight is 251 g/mol. The molecule has 100 valence electrons. The largest absolute Gasteiger partial charge is 0.478 e. The molecule has 0 aliphatic carbocycles. The van der Waals surface area contributed by atoms with Gasteiger partial charge in [-0.15, -0.1) is 0 Å². The molecule has 2 N–H and O–H groups in total. The molecule has 0 radical (unpaired) electrons. The van der Waals surface area contributed by atoms with Gasteiger partial charge in [0.05, 0.1) is 11.7 Å². The minimum atomic E-state index is -0.895. The highest BCUT2D eigenvalue weighted by atomic mass is 16.5. The van der Waals surface area contributed by atoms with E-state index in [1.165, 1.54) is 0 Å². The van der Waals surface area contributed by atoms with Gasteiger partial charge >= 0.3 is 5.97 Å². The van der Waals surface area contributed by atoms with Crippen molar-refractivity contribution in [2.45, 2.75) is 26.5 Å². The number of methoxy groups -OCH3 is 1. The standard InChI is InChI=1S/C14H21NO3/c1-10(2)13(18-3)9-15-8-11-5-4-6-12(7-11)14(16)17/h4-7,10,13,15H,8-9H2,1-3H3,(H,16,17). The Kier molecular flexibility index (Phi) is 5.82. The van der Waals surface area contributed by atoms with Gasteiger partial charge in [-0.2, -0.15) is 0 Å². The molecule has 0 aromatic heterocycles. The zero-order valence-electron chi connectivity index (χ0n) is 11.1. The number of carboxylic acid groups (broad SMARTS) is 1. The minimum Gasteiger partial charge on any atom is -0.478 e. The Bertz CT molecular complexity index is 390. The second kappa shape index (κ2) is 7.13. The molecule has 0 spiro atoms. The van der Waals surface area contributed by atoms with Crippen LogP contribution in [-0.4, -0.2) is 30.8 Å². The van der Waals surface area contributed by atoms with Gasteiger partial charge in [-0.05, 0) is 23.6 Å². The molecule has 1 unspecified atom stereocenters. The number of hydrogen-bond donors (Lipinski definition) is 2. The van der Waals surface area contributed by atoms with E-state index in [4.69, 9.17) is 9.84 Å². The van der Waals surface area contributed by atoms with Gasteiger partial charge in [0.15, 0.2) is 0 Å². The van der Waals surface area contributed by atoms with Crippen molar-refractivity contribution < 1.29 is 14.6 Å². The number of benzene rings is 1. The number of nitrogens with one attached hydrogen (secondary N) is 1. The van der Waals surface area contributed by atoms with Crippen LogP contribution in [0.15, 0.2) is 24.3 Å². The first-order chi connectivity index (χ1) is 8.54. The maximum atomic E-state index is 10.8. The van der Waals surface area contributed by atoms with E-state index in [-0.39, 0.29) is 6.10 Å². The van der Waals surface area contributed by atoms with Crippen molar-refractivity contribution >= 4 is 5.97 Å². The third-order valence-corrected chi connectivity index (χ3v) is 2.89. The van der Waals surface area contributed by atoms with Crippen LogP contribution < -0.4 is 5.32 Å². The third kappa shape index (κ3) is 4.47. The fraction of sp³-hybridized carbons (Fsp3) is 0.500. The summed E-state index contributed by atoms with van der Waals surface area (Å²) in [5, 5.41) is 12.2. The maximum absolute atomic E-state index is 10.8. The third-order valence-electron chi connectivity index (χ3n) is 2.89. The van der Waals surface area contributed by atoms with E-state index in [1.807, 2.05) is 6.07 Å². The van der Waals surface area contributed by atoms with Crippen molar-refractivity contribution in [3.63, 3.8) is 0 Å². The quantitative estimate of drug-likeness (QED) is 0.779. The van der Waals surface area contributed by atoms with Crippen molar-refractivity contribution in [2.75, 3.05) is 13.7 Å². The topological polar surface area (TPSA) is 58.6 Å². The lowest BCUT2D eigenvalue weighted by atomic mass is 10.1. The second-order valence-corrected chi connectivity index (χ2v) is 4.65. The van der Waals surface area contributed by atoms with Crippen LogP contribution in [0.2, 0.25) is 0 Å². The van der Waals surface area contributed by atoms with Crippen molar-refractivity contribution in [2.24, 2.45) is 5.92 Å². The predicted octanol–water partition coefficient (Wildman–Crippen LogP) is 2.15. The Morgan fingerprint density at radius 1 is 1.44 bits per heavy atom. The average Bonchev–Trinajstić information content (AvgIpc) is 2.34. The fourth-order valence-corrected chi connectivity index (χ4v) is 1.76. The van der Waals surface area contributed by atoms with E-state index >= 15 is 0 Å². The SMILES string of the molecule is COC(CNCc1cccc(C(=O)O)c1)C(C)C. The van der Waals surface area contributed by atoms with E-state index in [0.29, 0.717) is 18.0 Å². The zero-order chi connectivity index (χ0) is 13.5. The van der Waals surface area contributed by atoms with Crippen molar-refractivity contribution in [1.82, 2.24) is 5.32 Å². The molecule has 4 nitrogen and oxygen atoms in total. The summed E-state index contributed by atoms with van der Waals surface area (Å²) in [5.74, 6) is -0.443. The molecule has 0 heterocycles. The first-order valence-electron chi connectivity index (χ1n) is 6.10. The van der Waals surface area contributed by atoms with Crippen LogP contribution in [-0.2, 0) is 11.3 Å². The summed E-state index contributed by atoms with van der Waals surface area (Å²) in [6, 6.07) is 6.96. The number of carboxylic acids is 1. The highest BCUT2D eigenvalue weighted by molar-refractivity contribution is 5.87. The maximum Gasteiger partial charge on any atom is 0.335 e. The van der Waals surface area contributed by atoms with Crippen LogP contribution in [0.4, 0.5) is 0 Å². The van der Waals surface area contributed by atoms with Crippen LogP contribution in [0.1, 0.15) is 29.8 Å². The van der Waals surface area contributed by atoms with E-state index in [1.54, 1.807) is 25.3 Å². The molecule has 0 bridgehead atoms. The van der Waals surface area contributed by atoms with E-state index in [0.717, 1.165) is 12.1 Å². The Hall–Kier alpha value is -1.39. The smallest absolute Gasteiger partial charge is 0.335 e.